The van der Waals surface area contributed by atoms with Gasteiger partial charge in [0, 0.05) is 44.6 Å². The first-order chi connectivity index (χ1) is 13.8. The molecular weight excluding hydrogens is 354 g/mol. The van der Waals surface area contributed by atoms with Crippen molar-refractivity contribution in [2.75, 3.05) is 36.8 Å². The molecule has 0 spiro atoms. The molecule has 9 nitrogen and oxygen atoms in total. The number of nitrogen functional groups attached to an aromatic ring is 1. The van der Waals surface area contributed by atoms with Crippen molar-refractivity contribution >= 4 is 22.7 Å². The number of piperazine rings is 1. The number of hydrogen-bond donors (Lipinski definition) is 1. The second-order valence-corrected chi connectivity index (χ2v) is 7.63. The molecule has 1 aliphatic carbocycles. The average Bonchev–Trinajstić information content (AvgIpc) is 3.20. The van der Waals surface area contributed by atoms with Gasteiger partial charge < -0.3 is 10.6 Å². The number of hydrogen-bond acceptors (Lipinski definition) is 8. The fraction of sp³-hybridized carbons (Fsp3) is 0.526. The number of fused-ring (bicyclic) bond motifs is 1. The van der Waals surface area contributed by atoms with Crippen LogP contribution in [0.2, 0.25) is 0 Å². The van der Waals surface area contributed by atoms with Gasteiger partial charge >= 0.3 is 0 Å². The molecule has 2 aliphatic rings. The van der Waals surface area contributed by atoms with Crippen LogP contribution >= 0.6 is 0 Å². The van der Waals surface area contributed by atoms with E-state index in [0.717, 1.165) is 55.9 Å². The van der Waals surface area contributed by atoms with Gasteiger partial charge in [0.1, 0.15) is 18.0 Å². The van der Waals surface area contributed by atoms with Gasteiger partial charge in [-0.1, -0.05) is 0 Å². The number of nitrogens with two attached hydrogens (primary N) is 1. The van der Waals surface area contributed by atoms with Crippen LogP contribution in [0.1, 0.15) is 31.7 Å². The largest absolute Gasteiger partial charge is 0.383 e. The predicted molar refractivity (Wildman–Crippen MR) is 107 cm³/mol. The van der Waals surface area contributed by atoms with Crippen LogP contribution in [0.4, 0.5) is 11.6 Å². The molecular formula is C19H25N9. The molecule has 0 atom stereocenters. The van der Waals surface area contributed by atoms with Crippen LogP contribution < -0.4 is 10.6 Å². The minimum atomic E-state index is 0.393. The van der Waals surface area contributed by atoms with Crippen molar-refractivity contribution in [3.63, 3.8) is 0 Å². The van der Waals surface area contributed by atoms with E-state index in [2.05, 4.69) is 39.5 Å². The second kappa shape index (κ2) is 7.31. The third kappa shape index (κ3) is 3.15. The Balaban J connectivity index is 1.19. The highest BCUT2D eigenvalue weighted by atomic mass is 15.3. The van der Waals surface area contributed by atoms with Crippen molar-refractivity contribution in [3.8, 4) is 0 Å². The SMILES string of the molecule is Nc1ncnc2c1cnn2C1CCC(N2CCN(c3cnccn3)CC2)CC1. The maximum Gasteiger partial charge on any atom is 0.163 e. The van der Waals surface area contributed by atoms with E-state index in [1.165, 1.54) is 19.2 Å². The topological polar surface area (TPSA) is 102 Å². The number of rotatable bonds is 3. The van der Waals surface area contributed by atoms with Crippen LogP contribution in [-0.2, 0) is 0 Å². The fourth-order valence-corrected chi connectivity index (χ4v) is 4.59. The lowest BCUT2D eigenvalue weighted by Gasteiger charge is -2.42. The first-order valence-electron chi connectivity index (χ1n) is 9.98. The lowest BCUT2D eigenvalue weighted by atomic mass is 9.90. The summed E-state index contributed by atoms with van der Waals surface area (Å²) in [5, 5.41) is 5.41. The van der Waals surface area contributed by atoms with Crippen LogP contribution in [0.25, 0.3) is 11.0 Å². The van der Waals surface area contributed by atoms with Crippen molar-refractivity contribution < 1.29 is 0 Å². The zero-order chi connectivity index (χ0) is 18.9. The molecule has 3 aromatic heterocycles. The first kappa shape index (κ1) is 17.3. The smallest absolute Gasteiger partial charge is 0.163 e. The van der Waals surface area contributed by atoms with Crippen molar-refractivity contribution in [3.05, 3.63) is 31.1 Å². The highest BCUT2D eigenvalue weighted by Crippen LogP contribution is 2.33. The molecule has 0 amide bonds. The Bertz CT molecular complexity index is 925. The number of aromatic nitrogens is 6. The predicted octanol–water partition coefficient (Wildman–Crippen LogP) is 1.50. The molecule has 9 heteroatoms. The van der Waals surface area contributed by atoms with E-state index in [1.54, 1.807) is 18.6 Å². The van der Waals surface area contributed by atoms with E-state index < -0.39 is 0 Å². The van der Waals surface area contributed by atoms with Crippen LogP contribution in [0.5, 0.6) is 0 Å². The van der Waals surface area contributed by atoms with E-state index in [9.17, 15) is 0 Å². The summed E-state index contributed by atoms with van der Waals surface area (Å²) in [5.41, 5.74) is 6.80. The van der Waals surface area contributed by atoms with Crippen molar-refractivity contribution in [1.82, 2.24) is 34.6 Å². The van der Waals surface area contributed by atoms with Gasteiger partial charge in [-0.3, -0.25) is 9.88 Å². The van der Waals surface area contributed by atoms with Crippen LogP contribution in [-0.4, -0.2) is 66.8 Å². The molecule has 3 aromatic rings. The maximum atomic E-state index is 5.95. The normalized spacial score (nSPS) is 23.9. The molecule has 0 bridgehead atoms. The van der Waals surface area contributed by atoms with Crippen LogP contribution in [0.15, 0.2) is 31.1 Å². The molecule has 4 heterocycles. The summed E-state index contributed by atoms with van der Waals surface area (Å²) in [5.74, 6) is 1.49. The fourth-order valence-electron chi connectivity index (χ4n) is 4.59. The highest BCUT2D eigenvalue weighted by Gasteiger charge is 2.30. The molecule has 2 fully saturated rings. The molecule has 2 N–H and O–H groups in total. The number of anilines is 2. The molecule has 1 aliphatic heterocycles. The average molecular weight is 379 g/mol. The summed E-state index contributed by atoms with van der Waals surface area (Å²) in [6.07, 6.45) is 13.3. The zero-order valence-electron chi connectivity index (χ0n) is 15.9. The van der Waals surface area contributed by atoms with Gasteiger partial charge in [0.15, 0.2) is 5.65 Å². The van der Waals surface area contributed by atoms with E-state index >= 15 is 0 Å². The van der Waals surface area contributed by atoms with E-state index in [-0.39, 0.29) is 0 Å². The van der Waals surface area contributed by atoms with Crippen molar-refractivity contribution in [2.24, 2.45) is 0 Å². The molecule has 0 unspecified atom stereocenters. The summed E-state index contributed by atoms with van der Waals surface area (Å²) in [7, 11) is 0. The monoisotopic (exact) mass is 379 g/mol. The van der Waals surface area contributed by atoms with Crippen LogP contribution in [0.3, 0.4) is 0 Å². The van der Waals surface area contributed by atoms with Crippen LogP contribution in [0, 0.1) is 0 Å². The molecule has 0 aromatic carbocycles. The summed E-state index contributed by atoms with van der Waals surface area (Å²) in [4.78, 5) is 22.0. The van der Waals surface area contributed by atoms with E-state index in [1.807, 2.05) is 6.20 Å². The van der Waals surface area contributed by atoms with Gasteiger partial charge in [-0.05, 0) is 25.7 Å². The van der Waals surface area contributed by atoms with Gasteiger partial charge in [0.25, 0.3) is 0 Å². The van der Waals surface area contributed by atoms with Gasteiger partial charge in [-0.25, -0.2) is 19.6 Å². The molecule has 5 rings (SSSR count). The van der Waals surface area contributed by atoms with Gasteiger partial charge in [-0.2, -0.15) is 5.10 Å². The number of nitrogens with zero attached hydrogens (tertiary/aromatic N) is 8. The van der Waals surface area contributed by atoms with Gasteiger partial charge in [0.2, 0.25) is 0 Å². The molecule has 28 heavy (non-hydrogen) atoms. The second-order valence-electron chi connectivity index (χ2n) is 7.63. The van der Waals surface area contributed by atoms with Crippen molar-refractivity contribution in [2.45, 2.75) is 37.8 Å². The maximum absolute atomic E-state index is 5.95. The summed E-state index contributed by atoms with van der Waals surface area (Å²) in [6, 6.07) is 1.05. The molecule has 0 radical (unpaired) electrons. The minimum Gasteiger partial charge on any atom is -0.383 e. The standard InChI is InChI=1S/C19H25N9/c20-18-16-11-25-28(19(16)24-13-23-18)15-3-1-14(2-4-15)26-7-9-27(10-8-26)17-12-21-5-6-22-17/h5-6,11-15H,1-4,7-10H2,(H2,20,23,24). The Kier molecular flexibility index (Phi) is 4.52. The van der Waals surface area contributed by atoms with E-state index in [0.29, 0.717) is 17.9 Å². The highest BCUT2D eigenvalue weighted by molar-refractivity contribution is 5.84. The third-order valence-electron chi connectivity index (χ3n) is 6.14. The quantitative estimate of drug-likeness (QED) is 0.730. The summed E-state index contributed by atoms with van der Waals surface area (Å²) in [6.45, 7) is 4.19. The third-order valence-corrected chi connectivity index (χ3v) is 6.14. The Hall–Kier alpha value is -2.81. The Morgan fingerprint density at radius 1 is 0.857 bits per heavy atom. The molecule has 1 saturated carbocycles. The summed E-state index contributed by atoms with van der Waals surface area (Å²) >= 11 is 0. The zero-order valence-corrected chi connectivity index (χ0v) is 15.9. The van der Waals surface area contributed by atoms with Crippen molar-refractivity contribution in [1.29, 1.82) is 0 Å². The Morgan fingerprint density at radius 2 is 1.64 bits per heavy atom. The van der Waals surface area contributed by atoms with Gasteiger partial charge in [-0.15, -0.1) is 0 Å². The lowest BCUT2D eigenvalue weighted by molar-refractivity contribution is 0.129. The lowest BCUT2D eigenvalue weighted by Crippen LogP contribution is -2.51. The van der Waals surface area contributed by atoms with Gasteiger partial charge in [0.05, 0.1) is 23.8 Å². The van der Waals surface area contributed by atoms with E-state index in [4.69, 9.17) is 5.73 Å². The molecule has 146 valence electrons. The molecule has 1 saturated heterocycles. The Labute approximate surface area is 163 Å². The Morgan fingerprint density at radius 3 is 2.39 bits per heavy atom. The summed E-state index contributed by atoms with van der Waals surface area (Å²) < 4.78 is 2.05. The minimum absolute atomic E-state index is 0.393. The first-order valence-corrected chi connectivity index (χ1v) is 9.98.